The van der Waals surface area contributed by atoms with Crippen LogP contribution in [-0.4, -0.2) is 4.57 Å². The van der Waals surface area contributed by atoms with Crippen molar-refractivity contribution >= 4 is 81.1 Å². The first kappa shape index (κ1) is 31.6. The normalized spacial score (nSPS) is 11.6. The molecule has 9 aromatic carbocycles. The van der Waals surface area contributed by atoms with Crippen molar-refractivity contribution in [2.45, 2.75) is 0 Å². The van der Waals surface area contributed by atoms with Gasteiger partial charge in [-0.05, 0) is 99.8 Å². The fourth-order valence-electron chi connectivity index (χ4n) is 8.28. The quantitative estimate of drug-likeness (QED) is 0.166. The van der Waals surface area contributed by atoms with Gasteiger partial charge in [0.25, 0.3) is 0 Å². The summed E-state index contributed by atoms with van der Waals surface area (Å²) in [6.07, 6.45) is 0. The predicted octanol–water partition coefficient (Wildman–Crippen LogP) is 15.1. The summed E-state index contributed by atoms with van der Waals surface area (Å²) in [6, 6.07) is 75.3. The molecule has 2 nitrogen and oxygen atoms in total. The van der Waals surface area contributed by atoms with Crippen molar-refractivity contribution in [2.75, 3.05) is 4.90 Å². The number of anilines is 3. The van der Waals surface area contributed by atoms with Crippen LogP contribution in [0, 0.1) is 0 Å². The molecule has 0 N–H and O–H groups in total. The molecule has 0 aliphatic rings. The first-order chi connectivity index (χ1) is 27.2. The number of rotatable bonds is 6. The standard InChI is InChI=1S/C52H34N2S/c1-2-10-35(11-3-1)37-20-24-41(25-21-37)53(44-29-31-48-47-15-7-9-17-51(47)55-52(48)34-44)43-28-30-46-45-14-6-8-16-49(45)54(50(46)33-43)42-26-22-38(23-27-42)40-19-18-36-12-4-5-13-39(36)32-40/h1-34H. The summed E-state index contributed by atoms with van der Waals surface area (Å²) in [4.78, 5) is 2.41. The van der Waals surface area contributed by atoms with E-state index in [0.29, 0.717) is 0 Å². The summed E-state index contributed by atoms with van der Waals surface area (Å²) >= 11 is 1.86. The second-order valence-electron chi connectivity index (χ2n) is 14.2. The maximum atomic E-state index is 2.42. The lowest BCUT2D eigenvalue weighted by Gasteiger charge is -2.26. The number of para-hydroxylation sites is 1. The molecule has 0 bridgehead atoms. The highest BCUT2D eigenvalue weighted by molar-refractivity contribution is 7.25. The van der Waals surface area contributed by atoms with Crippen molar-refractivity contribution in [3.8, 4) is 27.9 Å². The van der Waals surface area contributed by atoms with Gasteiger partial charge in [-0.3, -0.25) is 0 Å². The number of fused-ring (bicyclic) bond motifs is 7. The topological polar surface area (TPSA) is 8.17 Å². The lowest BCUT2D eigenvalue weighted by molar-refractivity contribution is 1.18. The molecule has 3 heteroatoms. The molecule has 11 aromatic rings. The van der Waals surface area contributed by atoms with E-state index in [9.17, 15) is 0 Å². The Kier molecular flexibility index (Phi) is 7.39. The molecule has 0 unspecified atom stereocenters. The van der Waals surface area contributed by atoms with E-state index in [0.717, 1.165) is 22.7 Å². The van der Waals surface area contributed by atoms with E-state index >= 15 is 0 Å². The first-order valence-corrected chi connectivity index (χ1v) is 19.6. The van der Waals surface area contributed by atoms with Gasteiger partial charge in [-0.2, -0.15) is 0 Å². The fraction of sp³-hybridized carbons (Fsp3) is 0. The van der Waals surface area contributed by atoms with Gasteiger partial charge in [0.1, 0.15) is 0 Å². The molecule has 0 saturated carbocycles. The molecular weight excluding hydrogens is 685 g/mol. The predicted molar refractivity (Wildman–Crippen MR) is 237 cm³/mol. The lowest BCUT2D eigenvalue weighted by Crippen LogP contribution is -2.10. The van der Waals surface area contributed by atoms with Crippen LogP contribution in [0.25, 0.3) is 80.7 Å². The summed E-state index contributed by atoms with van der Waals surface area (Å²) in [5.41, 5.74) is 11.7. The SMILES string of the molecule is c1ccc(-c2ccc(N(c3ccc4c(c3)sc3ccccc34)c3ccc4c5ccccc5n(-c5ccc(-c6ccc7ccccc7c6)cc5)c4c3)cc2)cc1. The average Bonchev–Trinajstić information content (AvgIpc) is 3.79. The summed E-state index contributed by atoms with van der Waals surface area (Å²) < 4.78 is 5.02. The molecule has 0 saturated heterocycles. The summed E-state index contributed by atoms with van der Waals surface area (Å²) in [5, 5.41) is 7.60. The molecule has 0 aliphatic carbocycles. The zero-order valence-electron chi connectivity index (χ0n) is 29.9. The van der Waals surface area contributed by atoms with Crippen molar-refractivity contribution in [2.24, 2.45) is 0 Å². The highest BCUT2D eigenvalue weighted by atomic mass is 32.1. The molecule has 2 aromatic heterocycles. The average molecular weight is 719 g/mol. The maximum absolute atomic E-state index is 2.42. The van der Waals surface area contributed by atoms with Crippen LogP contribution in [0.2, 0.25) is 0 Å². The number of nitrogens with zero attached hydrogens (tertiary/aromatic N) is 2. The van der Waals surface area contributed by atoms with E-state index in [-0.39, 0.29) is 0 Å². The summed E-state index contributed by atoms with van der Waals surface area (Å²) in [7, 11) is 0. The van der Waals surface area contributed by atoms with Gasteiger partial charge in [-0.15, -0.1) is 11.3 Å². The van der Waals surface area contributed by atoms with E-state index in [1.54, 1.807) is 0 Å². The van der Waals surface area contributed by atoms with Crippen LogP contribution in [0.5, 0.6) is 0 Å². The Morgan fingerprint density at radius 1 is 0.327 bits per heavy atom. The number of benzene rings is 9. The van der Waals surface area contributed by atoms with Crippen molar-refractivity contribution < 1.29 is 0 Å². The third kappa shape index (κ3) is 5.40. The molecule has 0 atom stereocenters. The molecule has 258 valence electrons. The number of hydrogen-bond donors (Lipinski definition) is 0. The van der Waals surface area contributed by atoms with Gasteiger partial charge in [0.15, 0.2) is 0 Å². The minimum absolute atomic E-state index is 1.11. The lowest BCUT2D eigenvalue weighted by atomic mass is 10.0. The zero-order chi connectivity index (χ0) is 36.3. The molecule has 0 fully saturated rings. The van der Waals surface area contributed by atoms with Crippen LogP contribution >= 0.6 is 11.3 Å². The van der Waals surface area contributed by atoms with E-state index in [1.165, 1.54) is 75.0 Å². The second kappa shape index (κ2) is 12.9. The molecule has 2 heterocycles. The van der Waals surface area contributed by atoms with Crippen molar-refractivity contribution in [1.82, 2.24) is 4.57 Å². The first-order valence-electron chi connectivity index (χ1n) is 18.7. The van der Waals surface area contributed by atoms with Gasteiger partial charge >= 0.3 is 0 Å². The third-order valence-electron chi connectivity index (χ3n) is 11.0. The third-order valence-corrected chi connectivity index (χ3v) is 12.1. The Labute approximate surface area is 323 Å². The molecule has 0 spiro atoms. The van der Waals surface area contributed by atoms with Gasteiger partial charge in [0.2, 0.25) is 0 Å². The van der Waals surface area contributed by atoms with Crippen LogP contribution in [0.1, 0.15) is 0 Å². The smallest absolute Gasteiger partial charge is 0.0561 e. The Morgan fingerprint density at radius 2 is 0.891 bits per heavy atom. The molecule has 11 rings (SSSR count). The monoisotopic (exact) mass is 718 g/mol. The number of hydrogen-bond acceptors (Lipinski definition) is 2. The largest absolute Gasteiger partial charge is 0.310 e. The Bertz CT molecular complexity index is 3190. The fourth-order valence-corrected chi connectivity index (χ4v) is 9.42. The maximum Gasteiger partial charge on any atom is 0.0561 e. The Hall–Kier alpha value is -6.94. The highest BCUT2D eigenvalue weighted by Crippen LogP contribution is 2.43. The van der Waals surface area contributed by atoms with Crippen LogP contribution in [0.15, 0.2) is 206 Å². The highest BCUT2D eigenvalue weighted by Gasteiger charge is 2.19. The minimum atomic E-state index is 1.11. The van der Waals surface area contributed by atoms with Crippen LogP contribution in [0.3, 0.4) is 0 Å². The van der Waals surface area contributed by atoms with E-state index in [2.05, 4.69) is 216 Å². The van der Waals surface area contributed by atoms with Crippen LogP contribution in [-0.2, 0) is 0 Å². The van der Waals surface area contributed by atoms with E-state index < -0.39 is 0 Å². The van der Waals surface area contributed by atoms with Crippen molar-refractivity contribution in [3.63, 3.8) is 0 Å². The molecule has 0 amide bonds. The number of thiophene rings is 1. The summed E-state index contributed by atoms with van der Waals surface area (Å²) in [6.45, 7) is 0. The van der Waals surface area contributed by atoms with Crippen LogP contribution in [0.4, 0.5) is 17.1 Å². The van der Waals surface area contributed by atoms with E-state index in [4.69, 9.17) is 0 Å². The van der Waals surface area contributed by atoms with Gasteiger partial charge in [0.05, 0.1) is 11.0 Å². The van der Waals surface area contributed by atoms with Crippen molar-refractivity contribution in [3.05, 3.63) is 206 Å². The number of aromatic nitrogens is 1. The van der Waals surface area contributed by atoms with Gasteiger partial charge < -0.3 is 9.47 Å². The summed E-state index contributed by atoms with van der Waals surface area (Å²) in [5.74, 6) is 0. The molecule has 0 radical (unpaired) electrons. The Balaban J connectivity index is 1.07. The van der Waals surface area contributed by atoms with Crippen LogP contribution < -0.4 is 4.90 Å². The molecule has 0 aliphatic heterocycles. The minimum Gasteiger partial charge on any atom is -0.310 e. The molecule has 55 heavy (non-hydrogen) atoms. The second-order valence-corrected chi connectivity index (χ2v) is 15.3. The van der Waals surface area contributed by atoms with Gasteiger partial charge in [-0.25, -0.2) is 0 Å². The Morgan fingerprint density at radius 3 is 1.73 bits per heavy atom. The van der Waals surface area contributed by atoms with Gasteiger partial charge in [0, 0.05) is 53.7 Å². The zero-order valence-corrected chi connectivity index (χ0v) is 30.7. The molecular formula is C52H34N2S. The van der Waals surface area contributed by atoms with Gasteiger partial charge in [-0.1, -0.05) is 140 Å². The van der Waals surface area contributed by atoms with E-state index in [1.807, 2.05) is 11.3 Å². The van der Waals surface area contributed by atoms with Crippen molar-refractivity contribution in [1.29, 1.82) is 0 Å².